The maximum Gasteiger partial charge on any atom is 0.269 e. The van der Waals surface area contributed by atoms with Crippen molar-refractivity contribution in [2.75, 3.05) is 19.0 Å². The summed E-state index contributed by atoms with van der Waals surface area (Å²) in [5.74, 6) is 3.26. The number of nitrogens with zero attached hydrogens (tertiary/aromatic N) is 1. The molecule has 1 aliphatic rings. The van der Waals surface area contributed by atoms with Crippen LogP contribution in [0.3, 0.4) is 0 Å². The van der Waals surface area contributed by atoms with Crippen molar-refractivity contribution >= 4 is 23.2 Å². The fourth-order valence-corrected chi connectivity index (χ4v) is 3.90. The van der Waals surface area contributed by atoms with Gasteiger partial charge in [0, 0.05) is 36.6 Å². The van der Waals surface area contributed by atoms with Gasteiger partial charge in [-0.15, -0.1) is 0 Å². The van der Waals surface area contributed by atoms with Crippen molar-refractivity contribution < 1.29 is 27.5 Å². The van der Waals surface area contributed by atoms with Crippen LogP contribution in [0.2, 0.25) is 0 Å². The third-order valence-electron chi connectivity index (χ3n) is 5.58. The number of aromatic nitrogens is 2. The molecule has 0 radical (unpaired) electrons. The summed E-state index contributed by atoms with van der Waals surface area (Å²) < 4.78 is 46.5. The summed E-state index contributed by atoms with van der Waals surface area (Å²) in [5.41, 5.74) is 2.69. The van der Waals surface area contributed by atoms with E-state index >= 15 is 0 Å². The molecule has 0 spiro atoms. The van der Waals surface area contributed by atoms with E-state index in [2.05, 4.69) is 44.3 Å². The minimum absolute atomic E-state index is 0.0490. The van der Waals surface area contributed by atoms with Crippen LogP contribution in [0.15, 0.2) is 49.3 Å². The van der Waals surface area contributed by atoms with Crippen molar-refractivity contribution in [2.45, 2.75) is 18.9 Å². The fourth-order valence-electron chi connectivity index (χ4n) is 3.90. The molecule has 0 fully saturated rings. The van der Waals surface area contributed by atoms with Crippen molar-refractivity contribution in [3.8, 4) is 28.8 Å². The number of halogens is 3. The molecule has 0 saturated heterocycles. The largest absolute Gasteiger partial charge is 0.492 e. The molecule has 0 saturated carbocycles. The Kier molecular flexibility index (Phi) is 7.48. The van der Waals surface area contributed by atoms with E-state index in [0.717, 1.165) is 6.08 Å². The van der Waals surface area contributed by atoms with Crippen molar-refractivity contribution in [1.29, 1.82) is 0 Å². The molecule has 190 valence electrons. The highest BCUT2D eigenvalue weighted by Crippen LogP contribution is 2.40. The van der Waals surface area contributed by atoms with Crippen LogP contribution in [0.5, 0.6) is 5.75 Å². The Morgan fingerprint density at radius 2 is 2.14 bits per heavy atom. The average molecular weight is 509 g/mol. The maximum absolute atomic E-state index is 14.4. The minimum Gasteiger partial charge on any atom is -0.492 e. The van der Waals surface area contributed by atoms with Crippen LogP contribution in [0.4, 0.5) is 24.5 Å². The molecule has 1 aromatic carbocycles. The lowest BCUT2D eigenvalue weighted by atomic mass is 10.0. The van der Waals surface area contributed by atoms with Gasteiger partial charge >= 0.3 is 0 Å². The average Bonchev–Trinajstić information content (AvgIpc) is 3.25. The zero-order valence-corrected chi connectivity index (χ0v) is 19.6. The number of ether oxygens (including phenoxy) is 1. The minimum atomic E-state index is -2.95. The van der Waals surface area contributed by atoms with Gasteiger partial charge in [0.2, 0.25) is 5.91 Å². The van der Waals surface area contributed by atoms with Crippen molar-refractivity contribution in [1.82, 2.24) is 20.6 Å². The number of methoxy groups -OCH3 is 1. The Morgan fingerprint density at radius 1 is 1.32 bits per heavy atom. The number of fused-ring (bicyclic) bond motifs is 1. The highest BCUT2D eigenvalue weighted by atomic mass is 19.3. The van der Waals surface area contributed by atoms with E-state index in [4.69, 9.17) is 4.74 Å². The standard InChI is InChI=1S/C26H22F3N5O3/c1-3-20(35)32-19(25(28)29)8-7-14-13-30-11-9-15(14)22-23(21-17(33-22)10-12-31-26(21)36)34-18-6-4-5-16(27)24(18)37-2/h3-6,9,11,13,19,25,33-34H,1,10,12H2,2H3,(H,31,36)(H,32,35)/t19-/m1/s1. The van der Waals surface area contributed by atoms with E-state index in [1.165, 1.54) is 31.6 Å². The Balaban J connectivity index is 1.84. The maximum atomic E-state index is 14.4. The van der Waals surface area contributed by atoms with Crippen LogP contribution in [-0.4, -0.2) is 47.9 Å². The van der Waals surface area contributed by atoms with Crippen molar-refractivity contribution in [3.63, 3.8) is 0 Å². The van der Waals surface area contributed by atoms with Crippen molar-refractivity contribution in [3.05, 3.63) is 72.0 Å². The summed E-state index contributed by atoms with van der Waals surface area (Å²) >= 11 is 0. The molecule has 3 heterocycles. The SMILES string of the molecule is C=CC(=O)N[C@H](C#Cc1cnccc1-c1[nH]c2c(c1Nc1cccc(F)c1OC)C(=O)NCC2)C(F)F. The monoisotopic (exact) mass is 509 g/mol. The fraction of sp³-hybridized carbons (Fsp3) is 0.192. The molecule has 11 heteroatoms. The van der Waals surface area contributed by atoms with Gasteiger partial charge in [-0.1, -0.05) is 24.5 Å². The summed E-state index contributed by atoms with van der Waals surface area (Å²) in [6, 6.07) is 4.19. The molecule has 4 rings (SSSR count). The third-order valence-corrected chi connectivity index (χ3v) is 5.58. The number of carbonyl (C=O) groups excluding carboxylic acids is 2. The molecule has 0 aliphatic carbocycles. The van der Waals surface area contributed by atoms with Crippen LogP contribution in [0, 0.1) is 17.7 Å². The first-order chi connectivity index (χ1) is 17.8. The Bertz CT molecular complexity index is 1420. The number of alkyl halides is 2. The lowest BCUT2D eigenvalue weighted by Gasteiger charge is -2.17. The number of H-pyrrole nitrogens is 1. The number of para-hydroxylation sites is 1. The van der Waals surface area contributed by atoms with E-state index in [1.807, 2.05) is 0 Å². The van der Waals surface area contributed by atoms with Gasteiger partial charge in [0.1, 0.15) is 0 Å². The third kappa shape index (κ3) is 5.28. The first-order valence-corrected chi connectivity index (χ1v) is 11.1. The molecule has 8 nitrogen and oxygen atoms in total. The zero-order chi connectivity index (χ0) is 26.5. The molecule has 0 unspecified atom stereocenters. The highest BCUT2D eigenvalue weighted by Gasteiger charge is 2.28. The second-order valence-electron chi connectivity index (χ2n) is 7.90. The van der Waals surface area contributed by atoms with Gasteiger partial charge in [0.25, 0.3) is 12.3 Å². The first kappa shape index (κ1) is 25.4. The molecule has 1 aliphatic heterocycles. The smallest absolute Gasteiger partial charge is 0.269 e. The summed E-state index contributed by atoms with van der Waals surface area (Å²) in [6.45, 7) is 3.67. The van der Waals surface area contributed by atoms with Gasteiger partial charge in [-0.25, -0.2) is 13.2 Å². The topological polar surface area (TPSA) is 108 Å². The van der Waals surface area contributed by atoms with Crippen molar-refractivity contribution in [2.24, 2.45) is 0 Å². The normalized spacial score (nSPS) is 13.1. The second-order valence-corrected chi connectivity index (χ2v) is 7.90. The summed E-state index contributed by atoms with van der Waals surface area (Å²) in [6.07, 6.45) is 1.29. The van der Waals surface area contributed by atoms with E-state index in [1.54, 1.807) is 12.1 Å². The van der Waals surface area contributed by atoms with Gasteiger partial charge in [0.05, 0.1) is 35.3 Å². The number of benzene rings is 1. The van der Waals surface area contributed by atoms with E-state index in [0.29, 0.717) is 41.2 Å². The molecule has 2 amide bonds. The molecular formula is C26H22F3N5O3. The van der Waals surface area contributed by atoms with Crippen LogP contribution in [0.25, 0.3) is 11.3 Å². The number of hydrogen-bond donors (Lipinski definition) is 4. The quantitative estimate of drug-likeness (QED) is 0.288. The Hall–Kier alpha value is -4.72. The number of aromatic amines is 1. The first-order valence-electron chi connectivity index (χ1n) is 11.1. The Labute approximate surface area is 210 Å². The van der Waals surface area contributed by atoms with Crippen LogP contribution in [-0.2, 0) is 11.2 Å². The van der Waals surface area contributed by atoms with Gasteiger partial charge < -0.3 is 25.7 Å². The molecule has 4 N–H and O–H groups in total. The highest BCUT2D eigenvalue weighted by molar-refractivity contribution is 6.06. The predicted octanol–water partition coefficient (Wildman–Crippen LogP) is 3.54. The van der Waals surface area contributed by atoms with Crippen LogP contribution >= 0.6 is 0 Å². The zero-order valence-electron chi connectivity index (χ0n) is 19.6. The van der Waals surface area contributed by atoms with E-state index in [-0.39, 0.29) is 22.9 Å². The summed E-state index contributed by atoms with van der Waals surface area (Å²) in [7, 11) is 1.32. The Morgan fingerprint density at radius 3 is 2.86 bits per heavy atom. The van der Waals surface area contributed by atoms with Gasteiger partial charge in [0.15, 0.2) is 17.6 Å². The number of rotatable bonds is 7. The lowest BCUT2D eigenvalue weighted by molar-refractivity contribution is -0.117. The predicted molar refractivity (Wildman–Crippen MR) is 131 cm³/mol. The number of hydrogen-bond acceptors (Lipinski definition) is 5. The number of amides is 2. The lowest BCUT2D eigenvalue weighted by Crippen LogP contribution is -2.37. The molecular weight excluding hydrogens is 487 g/mol. The molecule has 37 heavy (non-hydrogen) atoms. The van der Waals surface area contributed by atoms with Gasteiger partial charge in [-0.05, 0) is 24.3 Å². The number of anilines is 2. The van der Waals surface area contributed by atoms with Crippen LogP contribution < -0.4 is 20.7 Å². The number of carbonyl (C=O) groups is 2. The van der Waals surface area contributed by atoms with E-state index < -0.39 is 24.2 Å². The van der Waals surface area contributed by atoms with Gasteiger partial charge in [-0.2, -0.15) is 0 Å². The van der Waals surface area contributed by atoms with E-state index in [9.17, 15) is 22.8 Å². The molecule has 3 aromatic rings. The molecule has 0 bridgehead atoms. The van der Waals surface area contributed by atoms with Crippen LogP contribution in [0.1, 0.15) is 21.6 Å². The molecule has 1 atom stereocenters. The number of pyridine rings is 1. The second kappa shape index (κ2) is 10.9. The molecule has 2 aromatic heterocycles. The summed E-state index contributed by atoms with van der Waals surface area (Å²) in [4.78, 5) is 31.6. The van der Waals surface area contributed by atoms with Gasteiger partial charge in [-0.3, -0.25) is 14.6 Å². The number of nitrogens with one attached hydrogen (secondary N) is 4. The summed E-state index contributed by atoms with van der Waals surface area (Å²) in [5, 5.41) is 7.96.